The molecular weight excluding hydrogens is 249 g/mol. The number of aliphatic hydroxyl groups excluding tert-OH is 1. The van der Waals surface area contributed by atoms with Crippen molar-refractivity contribution in [3.8, 4) is 0 Å². The van der Waals surface area contributed by atoms with E-state index in [2.05, 4.69) is 5.32 Å². The van der Waals surface area contributed by atoms with Crippen LogP contribution in [0.4, 0.5) is 0 Å². The van der Waals surface area contributed by atoms with Crippen molar-refractivity contribution in [2.24, 2.45) is 0 Å². The third-order valence-electron chi connectivity index (χ3n) is 2.08. The van der Waals surface area contributed by atoms with Crippen LogP contribution >= 0.6 is 23.2 Å². The van der Waals surface area contributed by atoms with Crippen molar-refractivity contribution in [1.82, 2.24) is 5.32 Å². The maximum atomic E-state index is 11.0. The van der Waals surface area contributed by atoms with E-state index < -0.39 is 0 Å². The molecule has 1 amide bonds. The van der Waals surface area contributed by atoms with Crippen LogP contribution in [0.15, 0.2) is 35.7 Å². The number of rotatable bonds is 1. The molecule has 16 heavy (non-hydrogen) atoms. The van der Waals surface area contributed by atoms with Gasteiger partial charge in [-0.2, -0.15) is 0 Å². The molecule has 0 unspecified atom stereocenters. The quantitative estimate of drug-likeness (QED) is 0.811. The van der Waals surface area contributed by atoms with Crippen LogP contribution in [-0.2, 0) is 4.79 Å². The Kier molecular flexibility index (Phi) is 2.90. The second kappa shape index (κ2) is 4.20. The zero-order valence-corrected chi connectivity index (χ0v) is 9.51. The summed E-state index contributed by atoms with van der Waals surface area (Å²) >= 11 is 11.8. The topological polar surface area (TPSA) is 49.3 Å². The summed E-state index contributed by atoms with van der Waals surface area (Å²) in [5.74, 6) is -0.469. The van der Waals surface area contributed by atoms with Crippen molar-refractivity contribution in [2.75, 3.05) is 0 Å². The monoisotopic (exact) mass is 255 g/mol. The lowest BCUT2D eigenvalue weighted by Gasteiger charge is -2.03. The van der Waals surface area contributed by atoms with Crippen LogP contribution in [0.25, 0.3) is 6.08 Å². The Hall–Kier alpha value is -1.45. The summed E-state index contributed by atoms with van der Waals surface area (Å²) < 4.78 is 0. The standard InChI is InChI=1S/C11H7Cl2NO2/c12-7-3-1-2-6(11(7)13)4-8-9(15)5-10(16)14-8/h1-5,15H,(H,14,16). The summed E-state index contributed by atoms with van der Waals surface area (Å²) in [6.45, 7) is 0. The highest BCUT2D eigenvalue weighted by Gasteiger charge is 2.16. The predicted molar refractivity (Wildman–Crippen MR) is 63.3 cm³/mol. The molecule has 0 aromatic heterocycles. The minimum atomic E-state index is -0.359. The number of carbonyl (C=O) groups excluding carboxylic acids is 1. The van der Waals surface area contributed by atoms with E-state index in [9.17, 15) is 9.90 Å². The highest BCUT2D eigenvalue weighted by atomic mass is 35.5. The summed E-state index contributed by atoms with van der Waals surface area (Å²) in [5, 5.41) is 12.7. The number of halogens is 2. The van der Waals surface area contributed by atoms with Gasteiger partial charge < -0.3 is 10.4 Å². The Morgan fingerprint density at radius 2 is 2.06 bits per heavy atom. The molecular formula is C11H7Cl2NO2. The first kappa shape index (κ1) is 11.0. The average Bonchev–Trinajstić information content (AvgIpc) is 2.53. The van der Waals surface area contributed by atoms with Gasteiger partial charge in [0.15, 0.2) is 0 Å². The molecule has 0 atom stereocenters. The van der Waals surface area contributed by atoms with Crippen molar-refractivity contribution < 1.29 is 9.90 Å². The van der Waals surface area contributed by atoms with Crippen LogP contribution in [0.1, 0.15) is 5.56 Å². The Balaban J connectivity index is 2.41. The van der Waals surface area contributed by atoms with E-state index in [-0.39, 0.29) is 11.7 Å². The number of carbonyl (C=O) groups is 1. The molecule has 0 aliphatic carbocycles. The third kappa shape index (κ3) is 2.05. The summed E-state index contributed by atoms with van der Waals surface area (Å²) in [5.41, 5.74) is 0.945. The minimum absolute atomic E-state index is 0.110. The second-order valence-electron chi connectivity index (χ2n) is 3.22. The van der Waals surface area contributed by atoms with Crippen LogP contribution < -0.4 is 5.32 Å². The van der Waals surface area contributed by atoms with E-state index in [0.29, 0.717) is 21.3 Å². The van der Waals surface area contributed by atoms with Gasteiger partial charge >= 0.3 is 0 Å². The predicted octanol–water partition coefficient (Wildman–Crippen LogP) is 2.91. The van der Waals surface area contributed by atoms with Crippen molar-refractivity contribution in [3.05, 3.63) is 51.3 Å². The fourth-order valence-corrected chi connectivity index (χ4v) is 1.69. The van der Waals surface area contributed by atoms with Crippen LogP contribution in [0.2, 0.25) is 10.0 Å². The lowest BCUT2D eigenvalue weighted by atomic mass is 10.2. The smallest absolute Gasteiger partial charge is 0.252 e. The van der Waals surface area contributed by atoms with Crippen LogP contribution in [0.5, 0.6) is 0 Å². The molecule has 0 saturated heterocycles. The summed E-state index contributed by atoms with van der Waals surface area (Å²) in [4.78, 5) is 11.0. The highest BCUT2D eigenvalue weighted by Crippen LogP contribution is 2.28. The molecule has 3 nitrogen and oxygen atoms in total. The van der Waals surface area contributed by atoms with Gasteiger partial charge in [0.2, 0.25) is 0 Å². The molecule has 5 heteroatoms. The maximum absolute atomic E-state index is 11.0. The van der Waals surface area contributed by atoms with Crippen molar-refractivity contribution >= 4 is 35.2 Å². The molecule has 1 aliphatic rings. The number of aliphatic hydroxyl groups is 1. The number of benzene rings is 1. The highest BCUT2D eigenvalue weighted by molar-refractivity contribution is 6.42. The molecule has 2 rings (SSSR count). The molecule has 82 valence electrons. The van der Waals surface area contributed by atoms with E-state index in [1.54, 1.807) is 24.3 Å². The molecule has 1 aromatic rings. The van der Waals surface area contributed by atoms with Crippen molar-refractivity contribution in [1.29, 1.82) is 0 Å². The SMILES string of the molecule is O=C1C=C(O)C(=Cc2cccc(Cl)c2Cl)N1. The van der Waals surface area contributed by atoms with Gasteiger partial charge in [0.05, 0.1) is 15.7 Å². The largest absolute Gasteiger partial charge is 0.506 e. The molecule has 0 bridgehead atoms. The van der Waals surface area contributed by atoms with Gasteiger partial charge in [-0.3, -0.25) is 4.79 Å². The maximum Gasteiger partial charge on any atom is 0.252 e. The Bertz CT molecular complexity index is 521. The van der Waals surface area contributed by atoms with Gasteiger partial charge in [0.25, 0.3) is 5.91 Å². The van der Waals surface area contributed by atoms with E-state index in [1.807, 2.05) is 0 Å². The summed E-state index contributed by atoms with van der Waals surface area (Å²) in [6, 6.07) is 5.13. The molecule has 0 spiro atoms. The molecule has 1 aromatic carbocycles. The fraction of sp³-hybridized carbons (Fsp3) is 0. The van der Waals surface area contributed by atoms with Crippen molar-refractivity contribution in [2.45, 2.75) is 0 Å². The Morgan fingerprint density at radius 1 is 1.31 bits per heavy atom. The van der Waals surface area contributed by atoms with Gasteiger partial charge in [-0.05, 0) is 17.7 Å². The first-order chi connectivity index (χ1) is 7.58. The fourth-order valence-electron chi connectivity index (χ4n) is 1.33. The van der Waals surface area contributed by atoms with Crippen LogP contribution in [0, 0.1) is 0 Å². The first-order valence-corrected chi connectivity index (χ1v) is 5.21. The molecule has 1 aliphatic heterocycles. The lowest BCUT2D eigenvalue weighted by Crippen LogP contribution is -2.13. The molecule has 0 radical (unpaired) electrons. The van der Waals surface area contributed by atoms with Gasteiger partial charge in [-0.25, -0.2) is 0 Å². The molecule has 0 fully saturated rings. The Labute approximate surface area is 102 Å². The average molecular weight is 256 g/mol. The zero-order valence-electron chi connectivity index (χ0n) is 8.00. The van der Waals surface area contributed by atoms with E-state index in [0.717, 1.165) is 6.08 Å². The van der Waals surface area contributed by atoms with Gasteiger partial charge in [0.1, 0.15) is 5.76 Å². The zero-order chi connectivity index (χ0) is 11.7. The van der Waals surface area contributed by atoms with E-state index in [1.165, 1.54) is 0 Å². The van der Waals surface area contributed by atoms with Crippen LogP contribution in [-0.4, -0.2) is 11.0 Å². The van der Waals surface area contributed by atoms with Crippen molar-refractivity contribution in [3.63, 3.8) is 0 Å². The number of hydrogen-bond acceptors (Lipinski definition) is 2. The minimum Gasteiger partial charge on any atom is -0.506 e. The second-order valence-corrected chi connectivity index (χ2v) is 4.01. The molecule has 2 N–H and O–H groups in total. The third-order valence-corrected chi connectivity index (χ3v) is 2.92. The lowest BCUT2D eigenvalue weighted by molar-refractivity contribution is -0.115. The number of nitrogens with one attached hydrogen (secondary N) is 1. The van der Waals surface area contributed by atoms with E-state index in [4.69, 9.17) is 23.2 Å². The Morgan fingerprint density at radius 3 is 2.69 bits per heavy atom. The molecule has 1 heterocycles. The van der Waals surface area contributed by atoms with Gasteiger partial charge in [-0.1, -0.05) is 35.3 Å². The number of amides is 1. The van der Waals surface area contributed by atoms with E-state index >= 15 is 0 Å². The van der Waals surface area contributed by atoms with Gasteiger partial charge in [0, 0.05) is 6.08 Å². The van der Waals surface area contributed by atoms with Crippen LogP contribution in [0.3, 0.4) is 0 Å². The first-order valence-electron chi connectivity index (χ1n) is 4.45. The number of hydrogen-bond donors (Lipinski definition) is 2. The van der Waals surface area contributed by atoms with Gasteiger partial charge in [-0.15, -0.1) is 0 Å². The summed E-state index contributed by atoms with van der Waals surface area (Å²) in [7, 11) is 0. The summed E-state index contributed by atoms with van der Waals surface area (Å²) in [6.07, 6.45) is 2.66. The molecule has 0 saturated carbocycles. The normalized spacial score (nSPS) is 17.5.